The summed E-state index contributed by atoms with van der Waals surface area (Å²) in [6, 6.07) is 2.39. The Balaban J connectivity index is 0.00000441. The van der Waals surface area contributed by atoms with Crippen LogP contribution in [0.2, 0.25) is 10.2 Å². The predicted octanol–water partition coefficient (Wildman–Crippen LogP) is 2.96. The summed E-state index contributed by atoms with van der Waals surface area (Å²) in [7, 11) is 5.75. The minimum atomic E-state index is 0. The van der Waals surface area contributed by atoms with Gasteiger partial charge < -0.3 is 20.1 Å². The molecule has 0 amide bonds. The Kier molecular flexibility index (Phi) is 10.5. The molecular formula is C14H26Cl2IN5. The third kappa shape index (κ3) is 6.52. The van der Waals surface area contributed by atoms with E-state index in [0.717, 1.165) is 24.7 Å². The summed E-state index contributed by atoms with van der Waals surface area (Å²) in [5.41, 5.74) is 1.01. The van der Waals surface area contributed by atoms with Crippen molar-refractivity contribution in [1.29, 1.82) is 0 Å². The summed E-state index contributed by atoms with van der Waals surface area (Å²) in [6.45, 7) is 6.76. The zero-order valence-electron chi connectivity index (χ0n) is 13.8. The van der Waals surface area contributed by atoms with Gasteiger partial charge in [0.15, 0.2) is 5.96 Å². The van der Waals surface area contributed by atoms with Crippen molar-refractivity contribution in [1.82, 2.24) is 20.1 Å². The van der Waals surface area contributed by atoms with Crippen LogP contribution in [0, 0.1) is 0 Å². The Morgan fingerprint density at radius 1 is 1.36 bits per heavy atom. The lowest BCUT2D eigenvalue weighted by Crippen LogP contribution is -2.41. The molecule has 0 aliphatic rings. The number of aromatic nitrogens is 1. The van der Waals surface area contributed by atoms with E-state index < -0.39 is 0 Å². The van der Waals surface area contributed by atoms with Gasteiger partial charge in [0.05, 0.1) is 11.6 Å². The fraction of sp³-hybridized carbons (Fsp3) is 0.643. The van der Waals surface area contributed by atoms with Crippen LogP contribution in [-0.4, -0.2) is 48.7 Å². The van der Waals surface area contributed by atoms with Gasteiger partial charge in [0.1, 0.15) is 5.15 Å². The molecule has 0 aromatic carbocycles. The second-order valence-corrected chi connectivity index (χ2v) is 6.03. The van der Waals surface area contributed by atoms with Crippen LogP contribution in [-0.2, 0) is 13.6 Å². The summed E-state index contributed by atoms with van der Waals surface area (Å²) in [6.07, 6.45) is 0. The Bertz CT molecular complexity index is 488. The van der Waals surface area contributed by atoms with Gasteiger partial charge in [0, 0.05) is 38.9 Å². The van der Waals surface area contributed by atoms with Gasteiger partial charge in [-0.1, -0.05) is 23.2 Å². The minimum Gasteiger partial charge on any atom is -0.355 e. The van der Waals surface area contributed by atoms with E-state index in [9.17, 15) is 0 Å². The topological polar surface area (TPSA) is 44.6 Å². The van der Waals surface area contributed by atoms with Crippen LogP contribution in [0.5, 0.6) is 0 Å². The Labute approximate surface area is 160 Å². The standard InChI is InChI=1S/C14H25Cl2N5.HI/c1-10(2)20(4)7-6-18-14(17-3)19-9-11-8-12(15)13(16)21(11)5;/h8,10H,6-7,9H2,1-5H3,(H2,17,18,19);1H. The van der Waals surface area contributed by atoms with E-state index in [0.29, 0.717) is 22.8 Å². The van der Waals surface area contributed by atoms with E-state index in [-0.39, 0.29) is 24.0 Å². The number of hydrogen-bond donors (Lipinski definition) is 2. The molecule has 22 heavy (non-hydrogen) atoms. The zero-order valence-corrected chi connectivity index (χ0v) is 17.6. The van der Waals surface area contributed by atoms with Gasteiger partial charge in [-0.15, -0.1) is 24.0 Å². The van der Waals surface area contributed by atoms with Gasteiger partial charge in [-0.3, -0.25) is 4.99 Å². The van der Waals surface area contributed by atoms with Crippen molar-refractivity contribution in [2.45, 2.75) is 26.4 Å². The van der Waals surface area contributed by atoms with Crippen LogP contribution >= 0.6 is 47.2 Å². The maximum Gasteiger partial charge on any atom is 0.191 e. The van der Waals surface area contributed by atoms with Crippen LogP contribution in [0.3, 0.4) is 0 Å². The lowest BCUT2D eigenvalue weighted by molar-refractivity contribution is 0.278. The Morgan fingerprint density at radius 3 is 2.45 bits per heavy atom. The number of likely N-dealkylation sites (N-methyl/N-ethyl adjacent to an activating group) is 1. The first-order chi connectivity index (χ1) is 9.86. The molecule has 2 N–H and O–H groups in total. The SMILES string of the molecule is CN=C(NCCN(C)C(C)C)NCc1cc(Cl)c(Cl)n1C.I. The molecule has 1 aromatic rings. The van der Waals surface area contributed by atoms with Gasteiger partial charge in [-0.05, 0) is 27.0 Å². The van der Waals surface area contributed by atoms with E-state index in [1.807, 2.05) is 17.7 Å². The monoisotopic (exact) mass is 461 g/mol. The highest BCUT2D eigenvalue weighted by molar-refractivity contribution is 14.0. The first-order valence-corrected chi connectivity index (χ1v) is 7.76. The van der Waals surface area contributed by atoms with Crippen LogP contribution in [0.25, 0.3) is 0 Å². The molecule has 0 spiro atoms. The van der Waals surface area contributed by atoms with Crippen molar-refractivity contribution in [2.24, 2.45) is 12.0 Å². The molecule has 0 bridgehead atoms. The fourth-order valence-electron chi connectivity index (χ4n) is 1.76. The number of rotatable bonds is 6. The predicted molar refractivity (Wildman–Crippen MR) is 107 cm³/mol. The maximum absolute atomic E-state index is 6.05. The molecule has 0 saturated heterocycles. The van der Waals surface area contributed by atoms with Crippen molar-refractivity contribution in [3.8, 4) is 0 Å². The summed E-state index contributed by atoms with van der Waals surface area (Å²) in [5, 5.41) is 7.66. The van der Waals surface area contributed by atoms with Gasteiger partial charge in [0.2, 0.25) is 0 Å². The Morgan fingerprint density at radius 2 is 2.00 bits per heavy atom. The average Bonchev–Trinajstić information content (AvgIpc) is 2.69. The molecule has 0 unspecified atom stereocenters. The number of nitrogens with zero attached hydrogens (tertiary/aromatic N) is 3. The molecule has 0 aliphatic carbocycles. The molecule has 1 aromatic heterocycles. The largest absolute Gasteiger partial charge is 0.355 e. The molecule has 1 heterocycles. The molecule has 0 radical (unpaired) electrons. The van der Waals surface area contributed by atoms with Crippen LogP contribution in [0.4, 0.5) is 0 Å². The molecule has 0 atom stereocenters. The van der Waals surface area contributed by atoms with Gasteiger partial charge in [0.25, 0.3) is 0 Å². The number of halogens is 3. The Hall–Kier alpha value is -0.180. The smallest absolute Gasteiger partial charge is 0.191 e. The summed E-state index contributed by atoms with van der Waals surface area (Å²) in [5.74, 6) is 0.764. The first kappa shape index (κ1) is 21.8. The normalized spacial score (nSPS) is 11.8. The molecule has 128 valence electrons. The minimum absolute atomic E-state index is 0. The van der Waals surface area contributed by atoms with Crippen molar-refractivity contribution in [3.63, 3.8) is 0 Å². The van der Waals surface area contributed by atoms with Crippen molar-refractivity contribution < 1.29 is 0 Å². The van der Waals surface area contributed by atoms with Crippen LogP contribution < -0.4 is 10.6 Å². The van der Waals surface area contributed by atoms with E-state index in [1.54, 1.807) is 7.05 Å². The fourth-order valence-corrected chi connectivity index (χ4v) is 2.18. The quantitative estimate of drug-likeness (QED) is 0.389. The number of guanidine groups is 1. The zero-order chi connectivity index (χ0) is 16.0. The molecule has 5 nitrogen and oxygen atoms in total. The highest BCUT2D eigenvalue weighted by atomic mass is 127. The molecule has 8 heteroatoms. The number of hydrogen-bond acceptors (Lipinski definition) is 2. The van der Waals surface area contributed by atoms with E-state index in [2.05, 4.69) is 41.4 Å². The average molecular weight is 462 g/mol. The molecule has 0 fully saturated rings. The lowest BCUT2D eigenvalue weighted by atomic mass is 10.3. The third-order valence-electron chi connectivity index (χ3n) is 3.51. The van der Waals surface area contributed by atoms with Gasteiger partial charge >= 0.3 is 0 Å². The summed E-state index contributed by atoms with van der Waals surface area (Å²) >= 11 is 12.0. The molecular weight excluding hydrogens is 436 g/mol. The second-order valence-electron chi connectivity index (χ2n) is 5.26. The first-order valence-electron chi connectivity index (χ1n) is 7.01. The van der Waals surface area contributed by atoms with E-state index in [1.165, 1.54) is 0 Å². The second kappa shape index (κ2) is 10.6. The molecule has 1 rings (SSSR count). The van der Waals surface area contributed by atoms with E-state index >= 15 is 0 Å². The summed E-state index contributed by atoms with van der Waals surface area (Å²) in [4.78, 5) is 6.48. The van der Waals surface area contributed by atoms with Crippen molar-refractivity contribution in [2.75, 3.05) is 27.2 Å². The van der Waals surface area contributed by atoms with Gasteiger partial charge in [-0.2, -0.15) is 0 Å². The van der Waals surface area contributed by atoms with Crippen LogP contribution in [0.15, 0.2) is 11.1 Å². The number of aliphatic imine (C=N–C) groups is 1. The molecule has 0 saturated carbocycles. The highest BCUT2D eigenvalue weighted by Gasteiger charge is 2.09. The lowest BCUT2D eigenvalue weighted by Gasteiger charge is -2.21. The van der Waals surface area contributed by atoms with Crippen molar-refractivity contribution >= 4 is 53.1 Å². The summed E-state index contributed by atoms with van der Waals surface area (Å²) < 4.78 is 1.86. The van der Waals surface area contributed by atoms with E-state index in [4.69, 9.17) is 23.2 Å². The van der Waals surface area contributed by atoms with Crippen LogP contribution in [0.1, 0.15) is 19.5 Å². The highest BCUT2D eigenvalue weighted by Crippen LogP contribution is 2.24. The van der Waals surface area contributed by atoms with Crippen molar-refractivity contribution in [3.05, 3.63) is 21.9 Å². The molecule has 0 aliphatic heterocycles. The van der Waals surface area contributed by atoms with Gasteiger partial charge in [-0.25, -0.2) is 0 Å². The maximum atomic E-state index is 6.05. The third-order valence-corrected chi connectivity index (χ3v) is 4.36. The number of nitrogens with one attached hydrogen (secondary N) is 2.